The monoisotopic (exact) mass is 489 g/mol. The van der Waals surface area contributed by atoms with Gasteiger partial charge < -0.3 is 5.32 Å². The number of hydrogen-bond donors (Lipinski definition) is 1. The minimum absolute atomic E-state index is 0.108. The maximum absolute atomic E-state index is 13.3. The Labute approximate surface area is 195 Å². The quantitative estimate of drug-likeness (QED) is 0.411. The van der Waals surface area contributed by atoms with Gasteiger partial charge in [-0.25, -0.2) is 4.39 Å². The molecule has 1 aromatic carbocycles. The summed E-state index contributed by atoms with van der Waals surface area (Å²) in [5, 5.41) is 17.4. The van der Waals surface area contributed by atoms with E-state index >= 15 is 0 Å². The van der Waals surface area contributed by atoms with E-state index in [-0.39, 0.29) is 29.1 Å². The average Bonchev–Trinajstić information content (AvgIpc) is 3.41. The third-order valence-electron chi connectivity index (χ3n) is 4.55. The summed E-state index contributed by atoms with van der Waals surface area (Å²) in [7, 11) is 0. The number of thioether (sulfide) groups is 1. The van der Waals surface area contributed by atoms with E-state index in [0.29, 0.717) is 15.0 Å². The number of amides is 1. The van der Waals surface area contributed by atoms with E-state index in [1.54, 1.807) is 12.1 Å². The molecule has 4 rings (SSSR count). The second kappa shape index (κ2) is 9.08. The van der Waals surface area contributed by atoms with Crippen molar-refractivity contribution < 1.29 is 9.18 Å². The molecular formula is C21H20FN5O2S3. The SMILES string of the molecule is CC(C)(C)c1nnc2sc(SCC(=O)N[C@@H](c3ccc(F)cc3)c3cccs3)nn2c1=O. The highest BCUT2D eigenvalue weighted by atomic mass is 32.2. The summed E-state index contributed by atoms with van der Waals surface area (Å²) in [6.45, 7) is 5.67. The fraction of sp³-hybridized carbons (Fsp3) is 0.286. The van der Waals surface area contributed by atoms with Crippen molar-refractivity contribution >= 4 is 45.3 Å². The molecule has 166 valence electrons. The minimum Gasteiger partial charge on any atom is -0.344 e. The molecule has 0 aliphatic heterocycles. The smallest absolute Gasteiger partial charge is 0.297 e. The second-order valence-electron chi connectivity index (χ2n) is 8.02. The van der Waals surface area contributed by atoms with Gasteiger partial charge in [0.15, 0.2) is 4.34 Å². The van der Waals surface area contributed by atoms with Crippen LogP contribution in [0, 0.1) is 5.82 Å². The summed E-state index contributed by atoms with van der Waals surface area (Å²) in [5.41, 5.74) is 0.389. The molecule has 1 amide bonds. The van der Waals surface area contributed by atoms with Gasteiger partial charge in [0.1, 0.15) is 11.5 Å². The molecule has 3 heterocycles. The third-order valence-corrected chi connectivity index (χ3v) is 7.51. The summed E-state index contributed by atoms with van der Waals surface area (Å²) in [6, 6.07) is 9.55. The number of fused-ring (bicyclic) bond motifs is 1. The molecular weight excluding hydrogens is 469 g/mol. The van der Waals surface area contributed by atoms with Crippen LogP contribution in [0.1, 0.15) is 42.9 Å². The van der Waals surface area contributed by atoms with Crippen molar-refractivity contribution in [3.8, 4) is 0 Å². The summed E-state index contributed by atoms with van der Waals surface area (Å²) in [6.07, 6.45) is 0. The van der Waals surface area contributed by atoms with Gasteiger partial charge in [-0.15, -0.1) is 26.6 Å². The lowest BCUT2D eigenvalue weighted by molar-refractivity contribution is -0.119. The molecule has 0 bridgehead atoms. The molecule has 3 aromatic heterocycles. The number of rotatable bonds is 6. The van der Waals surface area contributed by atoms with Gasteiger partial charge in [0.25, 0.3) is 5.56 Å². The van der Waals surface area contributed by atoms with Gasteiger partial charge in [-0.3, -0.25) is 9.59 Å². The first kappa shape index (κ1) is 22.6. The Morgan fingerprint density at radius 3 is 2.62 bits per heavy atom. The number of carbonyl (C=O) groups is 1. The van der Waals surface area contributed by atoms with Gasteiger partial charge in [0.2, 0.25) is 10.9 Å². The van der Waals surface area contributed by atoms with Crippen LogP contribution in [-0.2, 0) is 10.2 Å². The highest BCUT2D eigenvalue weighted by Gasteiger charge is 2.23. The number of thiophene rings is 1. The van der Waals surface area contributed by atoms with E-state index in [9.17, 15) is 14.0 Å². The zero-order valence-corrected chi connectivity index (χ0v) is 20.0. The van der Waals surface area contributed by atoms with Crippen LogP contribution in [-0.4, -0.2) is 31.5 Å². The maximum Gasteiger partial charge on any atom is 0.297 e. The Morgan fingerprint density at radius 1 is 1.22 bits per heavy atom. The van der Waals surface area contributed by atoms with Crippen molar-refractivity contribution in [2.24, 2.45) is 0 Å². The lowest BCUT2D eigenvalue weighted by Crippen LogP contribution is -2.30. The van der Waals surface area contributed by atoms with Gasteiger partial charge in [0.05, 0.1) is 11.8 Å². The van der Waals surface area contributed by atoms with E-state index in [4.69, 9.17) is 0 Å². The first-order valence-corrected chi connectivity index (χ1v) is 12.4. The van der Waals surface area contributed by atoms with Crippen LogP contribution in [0.3, 0.4) is 0 Å². The molecule has 0 aliphatic carbocycles. The third kappa shape index (κ3) is 4.89. The topological polar surface area (TPSA) is 89.2 Å². The van der Waals surface area contributed by atoms with E-state index in [1.807, 2.05) is 38.3 Å². The van der Waals surface area contributed by atoms with Crippen molar-refractivity contribution in [2.45, 2.75) is 36.6 Å². The van der Waals surface area contributed by atoms with Crippen LogP contribution in [0.4, 0.5) is 4.39 Å². The molecule has 0 unspecified atom stereocenters. The predicted molar refractivity (Wildman–Crippen MR) is 125 cm³/mol. The molecule has 0 radical (unpaired) electrons. The van der Waals surface area contributed by atoms with Gasteiger partial charge >= 0.3 is 0 Å². The molecule has 0 fully saturated rings. The fourth-order valence-corrected chi connectivity index (χ4v) is 5.47. The van der Waals surface area contributed by atoms with Crippen molar-refractivity contribution in [3.05, 3.63) is 74.1 Å². The number of nitrogens with one attached hydrogen (secondary N) is 1. The predicted octanol–water partition coefficient (Wildman–Crippen LogP) is 4.04. The van der Waals surface area contributed by atoms with Crippen molar-refractivity contribution in [1.29, 1.82) is 0 Å². The van der Waals surface area contributed by atoms with Gasteiger partial charge in [-0.05, 0) is 29.1 Å². The zero-order chi connectivity index (χ0) is 22.9. The molecule has 11 heteroatoms. The molecule has 0 aliphatic rings. The first-order chi connectivity index (χ1) is 15.2. The van der Waals surface area contributed by atoms with Crippen molar-refractivity contribution in [3.63, 3.8) is 0 Å². The van der Waals surface area contributed by atoms with Gasteiger partial charge in [-0.1, -0.05) is 62.1 Å². The standard InChI is InChI=1S/C21H20FN5O2S3/c1-21(2,3)17-18(29)27-19(25-24-17)32-20(26-27)31-11-15(28)23-16(14-5-4-10-30-14)12-6-8-13(22)9-7-12/h4-10,16H,11H2,1-3H3,(H,23,28)/t16-/m0/s1. The van der Waals surface area contributed by atoms with E-state index < -0.39 is 5.41 Å². The summed E-state index contributed by atoms with van der Waals surface area (Å²) in [5.74, 6) is -0.424. The van der Waals surface area contributed by atoms with Crippen LogP contribution in [0.25, 0.3) is 4.96 Å². The molecule has 32 heavy (non-hydrogen) atoms. The first-order valence-electron chi connectivity index (χ1n) is 9.70. The van der Waals surface area contributed by atoms with Crippen LogP contribution < -0.4 is 10.9 Å². The molecule has 7 nitrogen and oxygen atoms in total. The number of benzene rings is 1. The highest BCUT2D eigenvalue weighted by molar-refractivity contribution is 8.01. The Morgan fingerprint density at radius 2 is 1.97 bits per heavy atom. The fourth-order valence-electron chi connectivity index (χ4n) is 2.99. The van der Waals surface area contributed by atoms with Crippen LogP contribution in [0.15, 0.2) is 50.9 Å². The number of aromatic nitrogens is 4. The van der Waals surface area contributed by atoms with E-state index in [0.717, 1.165) is 10.4 Å². The Balaban J connectivity index is 1.49. The number of hydrogen-bond acceptors (Lipinski definition) is 8. The Hall–Kier alpha value is -2.63. The summed E-state index contributed by atoms with van der Waals surface area (Å²) < 4.78 is 15.1. The number of nitrogens with zero attached hydrogens (tertiary/aromatic N) is 4. The molecule has 0 saturated carbocycles. The largest absolute Gasteiger partial charge is 0.344 e. The van der Waals surface area contributed by atoms with E-state index in [1.165, 1.54) is 51.1 Å². The van der Waals surface area contributed by atoms with Crippen molar-refractivity contribution in [2.75, 3.05) is 5.75 Å². The molecule has 0 saturated heterocycles. The Kier molecular flexibility index (Phi) is 6.40. The molecule has 1 N–H and O–H groups in total. The lowest BCUT2D eigenvalue weighted by atomic mass is 9.93. The highest BCUT2D eigenvalue weighted by Crippen LogP contribution is 2.28. The maximum atomic E-state index is 13.3. The summed E-state index contributed by atoms with van der Waals surface area (Å²) >= 11 is 3.95. The zero-order valence-electron chi connectivity index (χ0n) is 17.5. The number of halogens is 1. The normalized spacial score (nSPS) is 12.8. The van der Waals surface area contributed by atoms with Gasteiger partial charge in [0, 0.05) is 10.3 Å². The van der Waals surface area contributed by atoms with Crippen LogP contribution in [0.2, 0.25) is 0 Å². The second-order valence-corrected chi connectivity index (χ2v) is 11.2. The number of carbonyl (C=O) groups excluding carboxylic acids is 1. The minimum atomic E-state index is -0.445. The lowest BCUT2D eigenvalue weighted by Gasteiger charge is -2.18. The molecule has 4 aromatic rings. The average molecular weight is 490 g/mol. The van der Waals surface area contributed by atoms with Crippen LogP contribution >= 0.6 is 34.4 Å². The van der Waals surface area contributed by atoms with Crippen LogP contribution in [0.5, 0.6) is 0 Å². The summed E-state index contributed by atoms with van der Waals surface area (Å²) in [4.78, 5) is 26.7. The van der Waals surface area contributed by atoms with Gasteiger partial charge in [-0.2, -0.15) is 4.52 Å². The van der Waals surface area contributed by atoms with Crippen molar-refractivity contribution in [1.82, 2.24) is 25.1 Å². The molecule has 0 spiro atoms. The van der Waals surface area contributed by atoms with E-state index in [2.05, 4.69) is 20.6 Å². The molecule has 1 atom stereocenters. The Bertz CT molecular complexity index is 1290.